The number of halogens is 28. The normalized spacial score (nSPS) is 15.7. The lowest BCUT2D eigenvalue weighted by Crippen LogP contribution is -2.59. The lowest BCUT2D eigenvalue weighted by molar-refractivity contribution is -0.396. The number of alkyl halides is 26. The molecule has 0 spiro atoms. The van der Waals surface area contributed by atoms with E-state index in [9.17, 15) is 133 Å². The second kappa shape index (κ2) is 18.1. The zero-order valence-corrected chi connectivity index (χ0v) is 29.7. The number of rotatable bonds is 16. The summed E-state index contributed by atoms with van der Waals surface area (Å²) in [6.07, 6.45) is -73.7. The van der Waals surface area contributed by atoms with Crippen molar-refractivity contribution in [3.05, 3.63) is 60.2 Å². The summed E-state index contributed by atoms with van der Waals surface area (Å²) in [7, 11) is 0. The Morgan fingerprint density at radius 1 is 0.406 bits per heavy atom. The van der Waals surface area contributed by atoms with Gasteiger partial charge < -0.3 is 18.9 Å². The molecule has 0 amide bonds. The van der Waals surface area contributed by atoms with Crippen LogP contribution >= 0.6 is 0 Å². The van der Waals surface area contributed by atoms with E-state index < -0.39 is 169 Å². The largest absolute Gasteiger partial charge is 0.455 e. The summed E-state index contributed by atoms with van der Waals surface area (Å²) in [4.78, 5) is 23.0. The van der Waals surface area contributed by atoms with E-state index in [2.05, 4.69) is 32.1 Å². The summed E-state index contributed by atoms with van der Waals surface area (Å²) in [6.45, 7) is -2.27. The quantitative estimate of drug-likeness (QED) is 0.0933. The van der Waals surface area contributed by atoms with Gasteiger partial charge in [-0.3, -0.25) is 0 Å². The van der Waals surface area contributed by atoms with Crippen molar-refractivity contribution in [2.24, 2.45) is 0 Å². The average molecular weight is 1010 g/mol. The van der Waals surface area contributed by atoms with Crippen LogP contribution < -0.4 is 0 Å². The summed E-state index contributed by atoms with van der Waals surface area (Å²) in [6, 6.07) is -4.48. The predicted octanol–water partition coefficient (Wildman–Crippen LogP) is 11.6. The Labute approximate surface area is 334 Å². The first-order chi connectivity index (χ1) is 28.0. The molecular formula is C30H18F28O6. The van der Waals surface area contributed by atoms with Gasteiger partial charge in [0.05, 0.1) is 13.2 Å². The number of hydrogen-bond donors (Lipinski definition) is 0. The first-order valence-electron chi connectivity index (χ1n) is 15.4. The molecule has 0 aliphatic rings. The van der Waals surface area contributed by atoms with Crippen LogP contribution in [0.15, 0.2) is 49.1 Å². The molecule has 0 saturated carbocycles. The third-order valence-electron chi connectivity index (χ3n) is 8.07. The molecule has 0 saturated heterocycles. The highest BCUT2D eigenvalue weighted by Crippen LogP contribution is 2.57. The summed E-state index contributed by atoms with van der Waals surface area (Å²) in [5, 5.41) is 0. The molecule has 1 aromatic carbocycles. The minimum absolute atomic E-state index is 1.12. The predicted molar refractivity (Wildman–Crippen MR) is 147 cm³/mol. The van der Waals surface area contributed by atoms with E-state index >= 15 is 0 Å². The van der Waals surface area contributed by atoms with Gasteiger partial charge in [-0.2, -0.15) is 114 Å². The fraction of sp³-hybridized carbons (Fsp3) is 0.600. The Bertz CT molecular complexity index is 1620. The standard InChI is InChI=1S/C30H18F28O6/c1-11(31)17(59)63-15(7-19(33,23(35,36)37)24(38,39)40)9-61-21(27(47,48)49,28(50,51)52)13-3-5-14(6-4-13)22(29(53,54)55,30(56,57)58)62-10-16(64-18(60)12(2)32)8-20(34,25(41,42)43)26(44,45)46/h3-6,15-16H,1-2,7-10H2. The molecule has 64 heavy (non-hydrogen) atoms. The van der Waals surface area contributed by atoms with Crippen molar-refractivity contribution >= 4 is 11.9 Å². The molecule has 0 heterocycles. The molecule has 0 bridgehead atoms. The van der Waals surface area contributed by atoms with Crippen molar-refractivity contribution in [2.45, 2.75) is 97.0 Å². The fourth-order valence-electron chi connectivity index (χ4n) is 4.96. The maximum Gasteiger partial charge on any atom is 0.431 e. The van der Waals surface area contributed by atoms with E-state index in [1.165, 1.54) is 0 Å². The van der Waals surface area contributed by atoms with Gasteiger partial charge in [0.1, 0.15) is 12.2 Å². The molecule has 0 aliphatic heterocycles. The third kappa shape index (κ3) is 11.3. The number of esters is 2. The first-order valence-corrected chi connectivity index (χ1v) is 15.4. The minimum atomic E-state index is -7.33. The van der Waals surface area contributed by atoms with Crippen LogP contribution in [0.4, 0.5) is 123 Å². The molecule has 1 rings (SSSR count). The number of hydrogen-bond acceptors (Lipinski definition) is 6. The highest BCUT2D eigenvalue weighted by atomic mass is 19.5. The van der Waals surface area contributed by atoms with E-state index in [4.69, 9.17) is 0 Å². The summed E-state index contributed by atoms with van der Waals surface area (Å²) >= 11 is 0. The highest BCUT2D eigenvalue weighted by molar-refractivity contribution is 5.85. The van der Waals surface area contributed by atoms with E-state index in [0.29, 0.717) is 0 Å². The van der Waals surface area contributed by atoms with Gasteiger partial charge in [0.2, 0.25) is 11.7 Å². The van der Waals surface area contributed by atoms with Crippen LogP contribution in [0.1, 0.15) is 24.0 Å². The summed E-state index contributed by atoms with van der Waals surface area (Å²) in [5.41, 5.74) is -32.3. The Morgan fingerprint density at radius 2 is 0.609 bits per heavy atom. The number of ether oxygens (including phenoxy) is 4. The molecule has 0 fully saturated rings. The fourth-order valence-corrected chi connectivity index (χ4v) is 4.96. The van der Waals surface area contributed by atoms with Crippen molar-refractivity contribution in [2.75, 3.05) is 13.2 Å². The van der Waals surface area contributed by atoms with Crippen LogP contribution in [0, 0.1) is 0 Å². The van der Waals surface area contributed by atoms with Crippen molar-refractivity contribution in [3.63, 3.8) is 0 Å². The monoisotopic (exact) mass is 1010 g/mol. The minimum Gasteiger partial charge on any atom is -0.455 e. The molecule has 0 N–H and O–H groups in total. The van der Waals surface area contributed by atoms with Crippen molar-refractivity contribution in [1.82, 2.24) is 0 Å². The van der Waals surface area contributed by atoms with Crippen molar-refractivity contribution in [1.29, 1.82) is 0 Å². The summed E-state index contributed by atoms with van der Waals surface area (Å²) in [5.74, 6) is -11.0. The lowest BCUT2D eigenvalue weighted by Gasteiger charge is -2.40. The Morgan fingerprint density at radius 3 is 0.766 bits per heavy atom. The number of carbonyl (C=O) groups excluding carboxylic acids is 2. The zero-order chi connectivity index (χ0) is 51.1. The van der Waals surface area contributed by atoms with Gasteiger partial charge in [-0.1, -0.05) is 37.4 Å². The molecule has 6 nitrogen and oxygen atoms in total. The van der Waals surface area contributed by atoms with Crippen molar-refractivity contribution < 1.29 is 151 Å². The number of benzene rings is 1. The maximum absolute atomic E-state index is 14.4. The Hall–Kier alpha value is -4.40. The molecule has 2 unspecified atom stereocenters. The van der Waals surface area contributed by atoms with Gasteiger partial charge in [-0.25, -0.2) is 18.4 Å². The second-order valence-electron chi connectivity index (χ2n) is 12.4. The van der Waals surface area contributed by atoms with Crippen LogP contribution in [0.3, 0.4) is 0 Å². The first kappa shape index (κ1) is 57.6. The smallest absolute Gasteiger partial charge is 0.431 e. The number of carbonyl (C=O) groups is 2. The topological polar surface area (TPSA) is 71.1 Å². The van der Waals surface area contributed by atoms with Gasteiger partial charge in [-0.05, 0) is 0 Å². The Balaban J connectivity index is 4.21. The van der Waals surface area contributed by atoms with Crippen LogP contribution in [0.25, 0.3) is 0 Å². The van der Waals surface area contributed by atoms with E-state index in [1.54, 1.807) is 0 Å². The Kier molecular flexibility index (Phi) is 16.3. The zero-order valence-electron chi connectivity index (χ0n) is 29.7. The van der Waals surface area contributed by atoms with Gasteiger partial charge in [0.15, 0.2) is 0 Å². The average Bonchev–Trinajstić information content (AvgIpc) is 3.04. The highest BCUT2D eigenvalue weighted by Gasteiger charge is 2.78. The van der Waals surface area contributed by atoms with Crippen LogP contribution in [-0.4, -0.2) is 98.1 Å². The van der Waals surface area contributed by atoms with Crippen molar-refractivity contribution in [3.8, 4) is 0 Å². The van der Waals surface area contributed by atoms with E-state index in [1.807, 2.05) is 0 Å². The van der Waals surface area contributed by atoms with Crippen LogP contribution in [-0.2, 0) is 39.7 Å². The molecule has 2 atom stereocenters. The molecule has 0 radical (unpaired) electrons. The van der Waals surface area contributed by atoms with Gasteiger partial charge in [-0.15, -0.1) is 0 Å². The molecule has 34 heteroatoms. The SMILES string of the molecule is C=C(F)C(=O)OC(COC(c1ccc(C(OCC(CC(F)(C(F)(F)F)C(F)(F)F)OC(=O)C(=C)F)(C(F)(F)F)C(F)(F)F)cc1)(C(F)(F)F)C(F)(F)F)CC(F)(C(F)(F)F)C(F)(F)F. The van der Waals surface area contributed by atoms with E-state index in [-0.39, 0.29) is 0 Å². The van der Waals surface area contributed by atoms with E-state index in [0.717, 1.165) is 0 Å². The maximum atomic E-state index is 14.4. The molecule has 370 valence electrons. The lowest BCUT2D eigenvalue weighted by atomic mass is 9.86. The molecular weight excluding hydrogens is 988 g/mol. The third-order valence-corrected chi connectivity index (χ3v) is 8.07. The van der Waals surface area contributed by atoms with Gasteiger partial charge in [0.25, 0.3) is 11.2 Å². The second-order valence-corrected chi connectivity index (χ2v) is 12.4. The van der Waals surface area contributed by atoms with Crippen LogP contribution in [0.2, 0.25) is 0 Å². The van der Waals surface area contributed by atoms with Crippen LogP contribution in [0.5, 0.6) is 0 Å². The molecule has 1 aromatic rings. The molecule has 0 aliphatic carbocycles. The van der Waals surface area contributed by atoms with Gasteiger partial charge in [0, 0.05) is 24.0 Å². The molecule has 0 aromatic heterocycles. The van der Waals surface area contributed by atoms with Gasteiger partial charge >= 0.3 is 72.7 Å². The summed E-state index contributed by atoms with van der Waals surface area (Å²) < 4.78 is 400.